The number of esters is 1. The van der Waals surface area contributed by atoms with Crippen LogP contribution in [0.3, 0.4) is 0 Å². The topological polar surface area (TPSA) is 140 Å². The molecule has 29 heavy (non-hydrogen) atoms. The fourth-order valence-corrected chi connectivity index (χ4v) is 3.83. The highest BCUT2D eigenvalue weighted by Crippen LogP contribution is 2.46. The molecule has 0 amide bonds. The maximum atomic E-state index is 12.5. The molecule has 146 valence electrons. The lowest BCUT2D eigenvalue weighted by atomic mass is 10.1. The van der Waals surface area contributed by atoms with Gasteiger partial charge in [-0.05, 0) is 24.3 Å². The van der Waals surface area contributed by atoms with Gasteiger partial charge >= 0.3 is 5.97 Å². The van der Waals surface area contributed by atoms with E-state index in [1.807, 2.05) is 30.3 Å². The number of nitrogens with zero attached hydrogens (tertiary/aromatic N) is 3. The van der Waals surface area contributed by atoms with Crippen LogP contribution in [0.4, 0.5) is 17.1 Å². The normalized spacial score (nSPS) is 14.0. The van der Waals surface area contributed by atoms with Crippen molar-refractivity contribution < 1.29 is 19.2 Å². The van der Waals surface area contributed by atoms with Crippen LogP contribution in [-0.4, -0.2) is 30.3 Å². The van der Waals surface area contributed by atoms with Crippen LogP contribution in [0.25, 0.3) is 0 Å². The number of ether oxygens (including phenoxy) is 1. The molecule has 1 aliphatic rings. The van der Waals surface area contributed by atoms with E-state index in [2.05, 4.69) is 0 Å². The van der Waals surface area contributed by atoms with Crippen molar-refractivity contribution in [2.24, 2.45) is 0 Å². The summed E-state index contributed by atoms with van der Waals surface area (Å²) in [4.78, 5) is 37.5. The molecule has 1 heterocycles. The Hall–Kier alpha value is -3.84. The summed E-state index contributed by atoms with van der Waals surface area (Å²) in [6.07, 6.45) is 0. The monoisotopic (exact) mass is 410 g/mol. The summed E-state index contributed by atoms with van der Waals surface area (Å²) in [6.45, 7) is -0.672. The van der Waals surface area contributed by atoms with Crippen molar-refractivity contribution in [1.29, 1.82) is 5.26 Å². The lowest BCUT2D eigenvalue weighted by Crippen LogP contribution is -2.20. The van der Waals surface area contributed by atoms with Gasteiger partial charge in [-0.15, -0.1) is 0 Å². The zero-order valence-electron chi connectivity index (χ0n) is 15.1. The average molecular weight is 410 g/mol. The Morgan fingerprint density at radius 3 is 2.69 bits per heavy atom. The van der Waals surface area contributed by atoms with E-state index in [4.69, 9.17) is 10.5 Å². The Labute approximate surface area is 169 Å². The molecule has 3 rings (SSSR count). The number of ketones is 1. The molecule has 0 fully saturated rings. The van der Waals surface area contributed by atoms with Crippen LogP contribution < -0.4 is 10.6 Å². The van der Waals surface area contributed by atoms with Gasteiger partial charge in [-0.1, -0.05) is 23.9 Å². The van der Waals surface area contributed by atoms with Crippen LogP contribution in [0, 0.1) is 21.4 Å². The third-order valence-electron chi connectivity index (χ3n) is 4.14. The van der Waals surface area contributed by atoms with Crippen LogP contribution in [0.5, 0.6) is 0 Å². The summed E-state index contributed by atoms with van der Waals surface area (Å²) >= 11 is 1.28. The molecule has 0 saturated carbocycles. The predicted molar refractivity (Wildman–Crippen MR) is 106 cm³/mol. The number of hydrogen-bond donors (Lipinski definition) is 1. The summed E-state index contributed by atoms with van der Waals surface area (Å²) in [5, 5.41) is 20.8. The molecule has 10 heteroatoms. The van der Waals surface area contributed by atoms with Gasteiger partial charge in [0, 0.05) is 18.0 Å². The number of carbonyl (C=O) groups excluding carboxylic acids is 2. The number of para-hydroxylation sites is 1. The number of benzene rings is 2. The lowest BCUT2D eigenvalue weighted by molar-refractivity contribution is -0.383. The number of nitro benzene ring substituents is 1. The number of nitro groups is 1. The first-order valence-corrected chi connectivity index (χ1v) is 9.04. The molecule has 0 bridgehead atoms. The molecule has 0 radical (unpaired) electrons. The van der Waals surface area contributed by atoms with Gasteiger partial charge in [0.2, 0.25) is 5.78 Å². The number of thioether (sulfide) groups is 1. The predicted octanol–water partition coefficient (Wildman–Crippen LogP) is 2.88. The van der Waals surface area contributed by atoms with E-state index in [0.717, 1.165) is 16.6 Å². The second kappa shape index (κ2) is 8.04. The molecule has 9 nitrogen and oxygen atoms in total. The number of nitrogen functional groups attached to an aromatic ring is 1. The number of fused-ring (bicyclic) bond motifs is 1. The van der Waals surface area contributed by atoms with Crippen LogP contribution in [0.1, 0.15) is 10.4 Å². The van der Waals surface area contributed by atoms with Crippen LogP contribution in [0.15, 0.2) is 58.0 Å². The Morgan fingerprint density at radius 1 is 1.31 bits per heavy atom. The van der Waals surface area contributed by atoms with E-state index in [1.54, 1.807) is 11.9 Å². The molecular weight excluding hydrogens is 396 g/mol. The largest absolute Gasteiger partial charge is 0.454 e. The number of carbonyl (C=O) groups is 2. The molecule has 0 saturated heterocycles. The van der Waals surface area contributed by atoms with E-state index in [9.17, 15) is 25.0 Å². The highest BCUT2D eigenvalue weighted by Gasteiger charge is 2.28. The molecule has 0 spiro atoms. The first-order chi connectivity index (χ1) is 13.8. The zero-order chi connectivity index (χ0) is 21.1. The molecule has 0 aliphatic carbocycles. The molecule has 1 aliphatic heterocycles. The van der Waals surface area contributed by atoms with Gasteiger partial charge < -0.3 is 15.4 Å². The van der Waals surface area contributed by atoms with E-state index in [-0.39, 0.29) is 16.8 Å². The SMILES string of the molecule is CN1/C(=C(\C#N)C(=O)COC(=O)c2ccc(N)c([N+](=O)[O-])c2)Sc2ccccc21. The van der Waals surface area contributed by atoms with Gasteiger partial charge in [-0.3, -0.25) is 14.9 Å². The molecule has 2 aromatic rings. The highest BCUT2D eigenvalue weighted by atomic mass is 32.2. The summed E-state index contributed by atoms with van der Waals surface area (Å²) in [6, 6.07) is 12.8. The smallest absolute Gasteiger partial charge is 0.338 e. The van der Waals surface area contributed by atoms with Gasteiger partial charge in [0.1, 0.15) is 22.4 Å². The summed E-state index contributed by atoms with van der Waals surface area (Å²) in [5.41, 5.74) is 5.56. The molecule has 0 atom stereocenters. The molecular formula is C19H14N4O5S. The molecule has 0 unspecified atom stereocenters. The third kappa shape index (κ3) is 3.90. The van der Waals surface area contributed by atoms with E-state index in [1.165, 1.54) is 23.9 Å². The Morgan fingerprint density at radius 2 is 2.03 bits per heavy atom. The summed E-state index contributed by atoms with van der Waals surface area (Å²) < 4.78 is 4.95. The average Bonchev–Trinajstić information content (AvgIpc) is 3.03. The van der Waals surface area contributed by atoms with Crippen LogP contribution >= 0.6 is 11.8 Å². The van der Waals surface area contributed by atoms with E-state index in [0.29, 0.717) is 5.03 Å². The number of Topliss-reactive ketones (excluding diaryl/α,β-unsaturated/α-hetero) is 1. The summed E-state index contributed by atoms with van der Waals surface area (Å²) in [5.74, 6) is -1.60. The fourth-order valence-electron chi connectivity index (χ4n) is 2.67. The van der Waals surface area contributed by atoms with Crippen molar-refractivity contribution in [3.8, 4) is 6.07 Å². The Kier molecular flexibility index (Phi) is 5.52. The maximum absolute atomic E-state index is 12.5. The van der Waals surface area contributed by atoms with Crippen LogP contribution in [0.2, 0.25) is 0 Å². The minimum Gasteiger partial charge on any atom is -0.454 e. The molecule has 0 aromatic heterocycles. The lowest BCUT2D eigenvalue weighted by Gasteiger charge is -2.14. The molecule has 2 N–H and O–H groups in total. The second-order valence-corrected chi connectivity index (χ2v) is 6.98. The van der Waals surface area contributed by atoms with Gasteiger partial charge in [0.15, 0.2) is 6.61 Å². The number of nitrogens with two attached hydrogens (primary N) is 1. The van der Waals surface area contributed by atoms with Gasteiger partial charge in [-0.2, -0.15) is 5.26 Å². The van der Waals surface area contributed by atoms with Crippen molar-refractivity contribution in [3.05, 3.63) is 68.7 Å². The maximum Gasteiger partial charge on any atom is 0.338 e. The standard InChI is InChI=1S/C19H14N4O5S/c1-22-14-4-2-3-5-17(14)29-18(22)12(9-20)16(24)10-28-19(25)11-6-7-13(21)15(8-11)23(26)27/h2-8H,10,21H2,1H3/b18-12-. The Bertz CT molecular complexity index is 1110. The number of anilines is 2. The van der Waals surface area contributed by atoms with Crippen molar-refractivity contribution in [1.82, 2.24) is 0 Å². The van der Waals surface area contributed by atoms with Crippen molar-refractivity contribution in [3.63, 3.8) is 0 Å². The quantitative estimate of drug-likeness (QED) is 0.197. The second-order valence-electron chi connectivity index (χ2n) is 5.95. The number of nitriles is 1. The highest BCUT2D eigenvalue weighted by molar-refractivity contribution is 8.03. The number of hydrogen-bond acceptors (Lipinski definition) is 9. The van der Waals surface area contributed by atoms with Crippen molar-refractivity contribution >= 4 is 40.6 Å². The van der Waals surface area contributed by atoms with E-state index < -0.39 is 29.0 Å². The summed E-state index contributed by atoms with van der Waals surface area (Å²) in [7, 11) is 1.73. The van der Waals surface area contributed by atoms with Gasteiger partial charge in [0.05, 0.1) is 16.2 Å². The Balaban J connectivity index is 1.75. The van der Waals surface area contributed by atoms with Gasteiger partial charge in [0.25, 0.3) is 5.69 Å². The van der Waals surface area contributed by atoms with Crippen molar-refractivity contribution in [2.45, 2.75) is 4.90 Å². The van der Waals surface area contributed by atoms with Gasteiger partial charge in [-0.25, -0.2) is 4.79 Å². The minimum absolute atomic E-state index is 0.0972. The number of rotatable bonds is 5. The third-order valence-corrected chi connectivity index (χ3v) is 5.38. The first-order valence-electron chi connectivity index (χ1n) is 8.22. The minimum atomic E-state index is -0.931. The van der Waals surface area contributed by atoms with E-state index >= 15 is 0 Å². The zero-order valence-corrected chi connectivity index (χ0v) is 15.9. The van der Waals surface area contributed by atoms with Crippen molar-refractivity contribution in [2.75, 3.05) is 24.3 Å². The fraction of sp³-hybridized carbons (Fsp3) is 0.105. The molecule has 2 aromatic carbocycles. The van der Waals surface area contributed by atoms with Crippen LogP contribution in [-0.2, 0) is 9.53 Å². The first kappa shape index (κ1) is 19.9.